The molecule has 0 aliphatic rings. The van der Waals surface area contributed by atoms with Gasteiger partial charge in [-0.05, 0) is 19.1 Å². The molecule has 0 saturated carbocycles. The molecule has 1 heterocycles. The molecular weight excluding hydrogens is 224 g/mol. The van der Waals surface area contributed by atoms with Crippen LogP contribution in [0.25, 0.3) is 11.3 Å². The van der Waals surface area contributed by atoms with Crippen LogP contribution in [0.5, 0.6) is 0 Å². The van der Waals surface area contributed by atoms with Crippen LogP contribution in [0.1, 0.15) is 6.92 Å². The van der Waals surface area contributed by atoms with Gasteiger partial charge in [0.05, 0.1) is 0 Å². The predicted octanol–water partition coefficient (Wildman–Crippen LogP) is 2.85. The Bertz CT molecular complexity index is 509. The fraction of sp³-hybridized carbons (Fsp3) is 0.167. The van der Waals surface area contributed by atoms with Crippen LogP contribution in [0.2, 0.25) is 0 Å². The summed E-state index contributed by atoms with van der Waals surface area (Å²) < 4.78 is 26.2. The first-order valence-corrected chi connectivity index (χ1v) is 5.22. The molecule has 2 rings (SSSR count). The topological polar surface area (TPSA) is 37.8 Å². The van der Waals surface area contributed by atoms with Crippen molar-refractivity contribution in [3.05, 3.63) is 42.2 Å². The third kappa shape index (κ3) is 2.55. The van der Waals surface area contributed by atoms with Crippen molar-refractivity contribution in [2.75, 3.05) is 11.9 Å². The molecule has 2 aromatic rings. The molecule has 17 heavy (non-hydrogen) atoms. The van der Waals surface area contributed by atoms with Gasteiger partial charge < -0.3 is 5.32 Å². The summed E-state index contributed by atoms with van der Waals surface area (Å²) in [6.45, 7) is 2.56. The average Bonchev–Trinajstić information content (AvgIpc) is 2.29. The van der Waals surface area contributed by atoms with Crippen LogP contribution in [0.4, 0.5) is 14.6 Å². The first kappa shape index (κ1) is 11.4. The molecule has 0 saturated heterocycles. The van der Waals surface area contributed by atoms with Crippen molar-refractivity contribution in [3.63, 3.8) is 0 Å². The molecule has 1 N–H and O–H groups in total. The average molecular weight is 235 g/mol. The van der Waals surface area contributed by atoms with Gasteiger partial charge in [0.25, 0.3) is 0 Å². The summed E-state index contributed by atoms with van der Waals surface area (Å²) in [7, 11) is 0. The van der Waals surface area contributed by atoms with Gasteiger partial charge in [0, 0.05) is 30.6 Å². The monoisotopic (exact) mass is 235 g/mol. The Morgan fingerprint density at radius 2 is 1.71 bits per heavy atom. The third-order valence-corrected chi connectivity index (χ3v) is 2.18. The third-order valence-electron chi connectivity index (χ3n) is 2.18. The second-order valence-electron chi connectivity index (χ2n) is 3.44. The van der Waals surface area contributed by atoms with Crippen molar-refractivity contribution >= 4 is 5.82 Å². The molecule has 0 unspecified atom stereocenters. The van der Waals surface area contributed by atoms with Crippen molar-refractivity contribution in [1.29, 1.82) is 0 Å². The van der Waals surface area contributed by atoms with E-state index in [1.54, 1.807) is 0 Å². The maximum Gasteiger partial charge on any atom is 0.152 e. The number of aromatic nitrogens is 2. The summed E-state index contributed by atoms with van der Waals surface area (Å²) in [4.78, 5) is 8.18. The van der Waals surface area contributed by atoms with Crippen LogP contribution in [-0.4, -0.2) is 16.5 Å². The molecular formula is C12H11F2N3. The van der Waals surface area contributed by atoms with E-state index in [2.05, 4.69) is 15.3 Å². The number of hydrogen-bond acceptors (Lipinski definition) is 3. The lowest BCUT2D eigenvalue weighted by molar-refractivity contribution is 0.584. The summed E-state index contributed by atoms with van der Waals surface area (Å²) in [5.41, 5.74) is 0.805. The van der Waals surface area contributed by atoms with Gasteiger partial charge in [-0.2, -0.15) is 0 Å². The molecule has 0 fully saturated rings. The first-order chi connectivity index (χ1) is 8.20. The highest BCUT2D eigenvalue weighted by atomic mass is 19.1. The Balaban J connectivity index is 2.51. The molecule has 3 nitrogen and oxygen atoms in total. The number of rotatable bonds is 3. The number of nitrogens with one attached hydrogen (secondary N) is 1. The minimum absolute atomic E-state index is 0.367. The van der Waals surface area contributed by atoms with E-state index in [0.717, 1.165) is 6.07 Å². The van der Waals surface area contributed by atoms with Crippen LogP contribution in [-0.2, 0) is 0 Å². The lowest BCUT2D eigenvalue weighted by Crippen LogP contribution is -2.02. The van der Waals surface area contributed by atoms with E-state index in [1.165, 1.54) is 24.5 Å². The molecule has 5 heteroatoms. The van der Waals surface area contributed by atoms with Gasteiger partial charge in [-0.25, -0.2) is 13.8 Å². The number of hydrogen-bond donors (Lipinski definition) is 1. The molecule has 1 aromatic carbocycles. The normalized spacial score (nSPS) is 10.3. The summed E-state index contributed by atoms with van der Waals surface area (Å²) >= 11 is 0. The van der Waals surface area contributed by atoms with E-state index in [1.807, 2.05) is 6.92 Å². The number of anilines is 1. The Morgan fingerprint density at radius 1 is 1.06 bits per heavy atom. The summed E-state index contributed by atoms with van der Waals surface area (Å²) in [5.74, 6) is -0.749. The molecule has 0 aliphatic heterocycles. The van der Waals surface area contributed by atoms with Crippen molar-refractivity contribution in [2.24, 2.45) is 0 Å². The fourth-order valence-electron chi connectivity index (χ4n) is 1.54. The highest BCUT2D eigenvalue weighted by Crippen LogP contribution is 2.24. The summed E-state index contributed by atoms with van der Waals surface area (Å²) in [6, 6.07) is 3.29. The maximum atomic E-state index is 13.1. The van der Waals surface area contributed by atoms with Crippen molar-refractivity contribution in [1.82, 2.24) is 9.97 Å². The smallest absolute Gasteiger partial charge is 0.152 e. The van der Waals surface area contributed by atoms with Gasteiger partial charge in [0.2, 0.25) is 0 Å². The molecule has 0 spiro atoms. The lowest BCUT2D eigenvalue weighted by Gasteiger charge is -2.08. The molecule has 0 radical (unpaired) electrons. The summed E-state index contributed by atoms with van der Waals surface area (Å²) in [6.07, 6.45) is 3.01. The highest BCUT2D eigenvalue weighted by Gasteiger charge is 2.09. The molecule has 0 atom stereocenters. The first-order valence-electron chi connectivity index (χ1n) is 5.22. The van der Waals surface area contributed by atoms with E-state index in [-0.39, 0.29) is 0 Å². The van der Waals surface area contributed by atoms with Gasteiger partial charge in [-0.3, -0.25) is 4.98 Å². The predicted molar refractivity (Wildman–Crippen MR) is 61.5 cm³/mol. The van der Waals surface area contributed by atoms with Gasteiger partial charge in [0.1, 0.15) is 17.3 Å². The summed E-state index contributed by atoms with van der Waals surface area (Å²) in [5, 5.41) is 3.00. The van der Waals surface area contributed by atoms with E-state index in [9.17, 15) is 8.78 Å². The van der Waals surface area contributed by atoms with Gasteiger partial charge in [-0.1, -0.05) is 0 Å². The Kier molecular flexibility index (Phi) is 3.27. The quantitative estimate of drug-likeness (QED) is 0.888. The highest BCUT2D eigenvalue weighted by molar-refractivity contribution is 5.71. The lowest BCUT2D eigenvalue weighted by atomic mass is 10.1. The van der Waals surface area contributed by atoms with Crippen molar-refractivity contribution < 1.29 is 8.78 Å². The van der Waals surface area contributed by atoms with E-state index in [4.69, 9.17) is 0 Å². The van der Waals surface area contributed by atoms with Crippen LogP contribution in [0.3, 0.4) is 0 Å². The van der Waals surface area contributed by atoms with Gasteiger partial charge >= 0.3 is 0 Å². The minimum Gasteiger partial charge on any atom is -0.369 e. The van der Waals surface area contributed by atoms with Gasteiger partial charge in [0.15, 0.2) is 5.82 Å². The number of nitrogens with zero attached hydrogens (tertiary/aromatic N) is 2. The number of benzene rings is 1. The molecule has 0 aliphatic carbocycles. The Hall–Kier alpha value is -2.04. The van der Waals surface area contributed by atoms with Crippen LogP contribution < -0.4 is 5.32 Å². The SMILES string of the molecule is CCNc1nccnc1-c1cc(F)cc(F)c1. The molecule has 0 bridgehead atoms. The fourth-order valence-corrected chi connectivity index (χ4v) is 1.54. The van der Waals surface area contributed by atoms with Crippen LogP contribution in [0.15, 0.2) is 30.6 Å². The maximum absolute atomic E-state index is 13.1. The second-order valence-corrected chi connectivity index (χ2v) is 3.44. The Morgan fingerprint density at radius 3 is 2.35 bits per heavy atom. The largest absolute Gasteiger partial charge is 0.369 e. The van der Waals surface area contributed by atoms with Crippen molar-refractivity contribution in [2.45, 2.75) is 6.92 Å². The Labute approximate surface area is 97.5 Å². The standard InChI is InChI=1S/C12H11F2N3/c1-2-15-12-11(16-3-4-17-12)8-5-9(13)7-10(14)6-8/h3-7H,2H2,1H3,(H,15,17). The van der Waals surface area contributed by atoms with E-state index < -0.39 is 11.6 Å². The molecule has 0 amide bonds. The molecule has 1 aromatic heterocycles. The van der Waals surface area contributed by atoms with E-state index >= 15 is 0 Å². The van der Waals surface area contributed by atoms with Crippen LogP contribution >= 0.6 is 0 Å². The van der Waals surface area contributed by atoms with Gasteiger partial charge in [-0.15, -0.1) is 0 Å². The van der Waals surface area contributed by atoms with Crippen LogP contribution in [0, 0.1) is 11.6 Å². The van der Waals surface area contributed by atoms with Crippen molar-refractivity contribution in [3.8, 4) is 11.3 Å². The zero-order valence-corrected chi connectivity index (χ0v) is 9.24. The zero-order chi connectivity index (χ0) is 12.3. The minimum atomic E-state index is -0.631. The zero-order valence-electron chi connectivity index (χ0n) is 9.24. The van der Waals surface area contributed by atoms with E-state index in [0.29, 0.717) is 23.6 Å². The number of halogens is 2. The molecule has 88 valence electrons. The second kappa shape index (κ2) is 4.86.